The number of rotatable bonds is 10. The number of nitrogens with one attached hydrogen (secondary N) is 3. The van der Waals surface area contributed by atoms with Crippen molar-refractivity contribution >= 4 is 26.0 Å². The van der Waals surface area contributed by atoms with Crippen molar-refractivity contribution in [3.8, 4) is 0 Å². The van der Waals surface area contributed by atoms with Gasteiger partial charge in [-0.15, -0.1) is 0 Å². The van der Waals surface area contributed by atoms with Gasteiger partial charge in [0, 0.05) is 6.54 Å². The highest BCUT2D eigenvalue weighted by atomic mass is 32.2. The van der Waals surface area contributed by atoms with Crippen LogP contribution in [-0.4, -0.2) is 35.8 Å². The van der Waals surface area contributed by atoms with E-state index in [1.54, 1.807) is 56.3 Å². The molecule has 0 saturated heterocycles. The van der Waals surface area contributed by atoms with E-state index in [-0.39, 0.29) is 23.1 Å². The number of hydrogen-bond donors (Lipinski definition) is 3. The molecule has 164 valence electrons. The molecule has 1 amide bonds. The minimum atomic E-state index is -3.83. The minimum absolute atomic E-state index is 0.0931. The minimum Gasteiger partial charge on any atom is -0.351 e. The maximum Gasteiger partial charge on any atom is 0.241 e. The Kier molecular flexibility index (Phi) is 8.13. The van der Waals surface area contributed by atoms with Gasteiger partial charge < -0.3 is 5.32 Å². The standard InChI is InChI=1S/C20H27N3O5S2/c1-15(2)19(23-30(27,28)18-7-5-4-6-8-18)20(24)22-13-16-9-11-17(12-10-16)14-29(25,26)21-3/h4-12,15,19,21,23H,13-14H2,1-3H3,(H,22,24). The molecule has 0 spiro atoms. The first-order valence-electron chi connectivity index (χ1n) is 9.38. The van der Waals surface area contributed by atoms with Crippen molar-refractivity contribution in [2.24, 2.45) is 5.92 Å². The van der Waals surface area contributed by atoms with Gasteiger partial charge >= 0.3 is 0 Å². The molecule has 30 heavy (non-hydrogen) atoms. The van der Waals surface area contributed by atoms with Crippen molar-refractivity contribution < 1.29 is 21.6 Å². The molecule has 2 rings (SSSR count). The van der Waals surface area contributed by atoms with Crippen molar-refractivity contribution in [3.63, 3.8) is 0 Å². The van der Waals surface area contributed by atoms with E-state index in [0.717, 1.165) is 5.56 Å². The van der Waals surface area contributed by atoms with E-state index in [0.29, 0.717) is 5.56 Å². The predicted octanol–water partition coefficient (Wildman–Crippen LogP) is 1.36. The lowest BCUT2D eigenvalue weighted by atomic mass is 10.0. The van der Waals surface area contributed by atoms with E-state index in [2.05, 4.69) is 14.8 Å². The number of carbonyl (C=O) groups is 1. The zero-order valence-electron chi connectivity index (χ0n) is 17.1. The summed E-state index contributed by atoms with van der Waals surface area (Å²) in [7, 11) is -5.83. The second kappa shape index (κ2) is 10.2. The molecule has 0 heterocycles. The highest BCUT2D eigenvalue weighted by molar-refractivity contribution is 7.89. The van der Waals surface area contributed by atoms with Crippen molar-refractivity contribution in [2.45, 2.75) is 37.1 Å². The number of sulfonamides is 2. The second-order valence-corrected chi connectivity index (χ2v) is 10.8. The van der Waals surface area contributed by atoms with Crippen LogP contribution in [0.15, 0.2) is 59.5 Å². The normalized spacial score (nSPS) is 13.2. The molecule has 0 radical (unpaired) electrons. The SMILES string of the molecule is CNS(=O)(=O)Cc1ccc(CNC(=O)C(NS(=O)(=O)c2ccccc2)C(C)C)cc1. The first kappa shape index (κ1) is 24.0. The van der Waals surface area contributed by atoms with Crippen LogP contribution in [0, 0.1) is 5.92 Å². The summed E-state index contributed by atoms with van der Waals surface area (Å²) in [5.41, 5.74) is 1.39. The third-order valence-corrected chi connectivity index (χ3v) is 7.23. The molecule has 0 aliphatic carbocycles. The Morgan fingerprint density at radius 2 is 1.47 bits per heavy atom. The first-order valence-corrected chi connectivity index (χ1v) is 12.5. The molecule has 0 fully saturated rings. The lowest BCUT2D eigenvalue weighted by Gasteiger charge is -2.21. The zero-order valence-corrected chi connectivity index (χ0v) is 18.8. The van der Waals surface area contributed by atoms with E-state index in [1.165, 1.54) is 19.2 Å². The summed E-state index contributed by atoms with van der Waals surface area (Å²) < 4.78 is 53.0. The highest BCUT2D eigenvalue weighted by Gasteiger charge is 2.28. The maximum absolute atomic E-state index is 12.6. The topological polar surface area (TPSA) is 121 Å². The van der Waals surface area contributed by atoms with Crippen molar-refractivity contribution in [3.05, 3.63) is 65.7 Å². The van der Waals surface area contributed by atoms with E-state index < -0.39 is 32.0 Å². The van der Waals surface area contributed by atoms with Crippen molar-refractivity contribution in [1.29, 1.82) is 0 Å². The third kappa shape index (κ3) is 6.91. The molecule has 8 nitrogen and oxygen atoms in total. The van der Waals surface area contributed by atoms with Gasteiger partial charge in [-0.05, 0) is 36.2 Å². The number of carbonyl (C=O) groups excluding carboxylic acids is 1. The van der Waals surface area contributed by atoms with E-state index in [1.807, 2.05) is 0 Å². The summed E-state index contributed by atoms with van der Waals surface area (Å²) in [6.45, 7) is 3.71. The lowest BCUT2D eigenvalue weighted by Crippen LogP contribution is -2.49. The van der Waals surface area contributed by atoms with Crippen LogP contribution in [0.4, 0.5) is 0 Å². The Morgan fingerprint density at radius 1 is 0.900 bits per heavy atom. The van der Waals surface area contributed by atoms with E-state index >= 15 is 0 Å². The Labute approximate surface area is 178 Å². The summed E-state index contributed by atoms with van der Waals surface area (Å²) in [6.07, 6.45) is 0. The maximum atomic E-state index is 12.6. The molecule has 0 aromatic heterocycles. The van der Waals surface area contributed by atoms with Crippen LogP contribution in [-0.2, 0) is 37.1 Å². The summed E-state index contributed by atoms with van der Waals surface area (Å²) in [6, 6.07) is 13.7. The fourth-order valence-electron chi connectivity index (χ4n) is 2.67. The van der Waals surface area contributed by atoms with Crippen molar-refractivity contribution in [1.82, 2.24) is 14.8 Å². The van der Waals surface area contributed by atoms with Gasteiger partial charge in [-0.1, -0.05) is 56.3 Å². The van der Waals surface area contributed by atoms with Gasteiger partial charge in [0.15, 0.2) is 0 Å². The Bertz CT molecular complexity index is 1050. The highest BCUT2D eigenvalue weighted by Crippen LogP contribution is 2.12. The Hall–Kier alpha value is -2.27. The van der Waals surface area contributed by atoms with Crippen LogP contribution >= 0.6 is 0 Å². The number of benzene rings is 2. The monoisotopic (exact) mass is 453 g/mol. The van der Waals surface area contributed by atoms with Gasteiger partial charge in [0.25, 0.3) is 0 Å². The van der Waals surface area contributed by atoms with Crippen LogP contribution in [0.5, 0.6) is 0 Å². The van der Waals surface area contributed by atoms with Crippen LogP contribution < -0.4 is 14.8 Å². The summed E-state index contributed by atoms with van der Waals surface area (Å²) in [5.74, 6) is -0.837. The van der Waals surface area contributed by atoms with Gasteiger partial charge in [-0.25, -0.2) is 21.6 Å². The molecule has 1 atom stereocenters. The Balaban J connectivity index is 2.02. The first-order chi connectivity index (χ1) is 14.0. The van der Waals surface area contributed by atoms with Crippen LogP contribution in [0.2, 0.25) is 0 Å². The smallest absolute Gasteiger partial charge is 0.241 e. The summed E-state index contributed by atoms with van der Waals surface area (Å²) in [4.78, 5) is 12.7. The summed E-state index contributed by atoms with van der Waals surface area (Å²) in [5, 5.41) is 2.74. The van der Waals surface area contributed by atoms with E-state index in [9.17, 15) is 21.6 Å². The van der Waals surface area contributed by atoms with Gasteiger partial charge in [-0.2, -0.15) is 4.72 Å². The van der Waals surface area contributed by atoms with Gasteiger partial charge in [0.1, 0.15) is 6.04 Å². The fraction of sp³-hybridized carbons (Fsp3) is 0.350. The molecular weight excluding hydrogens is 426 g/mol. The molecule has 0 bridgehead atoms. The third-order valence-electron chi connectivity index (χ3n) is 4.44. The van der Waals surface area contributed by atoms with Crippen LogP contribution in [0.3, 0.4) is 0 Å². The van der Waals surface area contributed by atoms with Gasteiger partial charge in [-0.3, -0.25) is 4.79 Å². The fourth-order valence-corrected chi connectivity index (χ4v) is 4.81. The largest absolute Gasteiger partial charge is 0.351 e. The zero-order chi connectivity index (χ0) is 22.4. The van der Waals surface area contributed by atoms with Crippen LogP contribution in [0.1, 0.15) is 25.0 Å². The van der Waals surface area contributed by atoms with Gasteiger partial charge in [0.2, 0.25) is 26.0 Å². The molecule has 0 aliphatic rings. The number of hydrogen-bond acceptors (Lipinski definition) is 5. The molecule has 0 saturated carbocycles. The molecule has 1 unspecified atom stereocenters. The molecular formula is C20H27N3O5S2. The average Bonchev–Trinajstić information content (AvgIpc) is 2.71. The average molecular weight is 454 g/mol. The van der Waals surface area contributed by atoms with Crippen LogP contribution in [0.25, 0.3) is 0 Å². The second-order valence-electron chi connectivity index (χ2n) is 7.15. The predicted molar refractivity (Wildman–Crippen MR) is 115 cm³/mol. The number of amides is 1. The molecule has 2 aromatic carbocycles. The molecule has 10 heteroatoms. The molecule has 3 N–H and O–H groups in total. The van der Waals surface area contributed by atoms with Gasteiger partial charge in [0.05, 0.1) is 10.6 Å². The quantitative estimate of drug-likeness (QED) is 0.501. The van der Waals surface area contributed by atoms with E-state index in [4.69, 9.17) is 0 Å². The summed E-state index contributed by atoms with van der Waals surface area (Å²) >= 11 is 0. The lowest BCUT2D eigenvalue weighted by molar-refractivity contribution is -0.123. The Morgan fingerprint density at radius 3 is 2.00 bits per heavy atom. The van der Waals surface area contributed by atoms with Crippen molar-refractivity contribution in [2.75, 3.05) is 7.05 Å². The molecule has 2 aromatic rings. The molecule has 0 aliphatic heterocycles.